The summed E-state index contributed by atoms with van der Waals surface area (Å²) in [6, 6.07) is 37.4. The summed E-state index contributed by atoms with van der Waals surface area (Å²) in [5.41, 5.74) is 14.9. The van der Waals surface area contributed by atoms with E-state index < -0.39 is 0 Å². The third-order valence-corrected chi connectivity index (χ3v) is 13.6. The van der Waals surface area contributed by atoms with Crippen molar-refractivity contribution in [2.45, 2.75) is 117 Å². The Morgan fingerprint density at radius 3 is 1.38 bits per heavy atom. The van der Waals surface area contributed by atoms with E-state index in [2.05, 4.69) is 110 Å². The molecule has 4 heterocycles. The number of nitrogens with zero attached hydrogens (tertiary/aromatic N) is 6. The molecule has 15 heteroatoms. The summed E-state index contributed by atoms with van der Waals surface area (Å²) in [6.45, 7) is 16.2. The molecule has 8 rings (SSSR count). The number of carbonyl (C=O) groups excluding carboxylic acids is 2. The van der Waals surface area contributed by atoms with Gasteiger partial charge in [0.15, 0.2) is 11.6 Å². The Morgan fingerprint density at radius 2 is 1.00 bits per heavy atom. The van der Waals surface area contributed by atoms with E-state index >= 15 is 0 Å². The number of anilines is 2. The van der Waals surface area contributed by atoms with Gasteiger partial charge in [-0.1, -0.05) is 146 Å². The van der Waals surface area contributed by atoms with Gasteiger partial charge in [0.2, 0.25) is 11.1 Å². The number of likely N-dealkylation sites (tertiary alicyclic amines) is 2. The lowest BCUT2D eigenvalue weighted by Gasteiger charge is -2.32. The molecule has 4 aromatic carbocycles. The lowest BCUT2D eigenvalue weighted by Crippen LogP contribution is -2.41. The van der Waals surface area contributed by atoms with E-state index in [1.54, 1.807) is 33.9 Å². The topological polar surface area (TPSA) is 173 Å². The van der Waals surface area contributed by atoms with Crippen LogP contribution < -0.4 is 32.8 Å². The van der Waals surface area contributed by atoms with Crippen molar-refractivity contribution in [1.82, 2.24) is 34.2 Å². The predicted molar refractivity (Wildman–Crippen MR) is 315 cm³/mol. The molecule has 0 aliphatic carbocycles. The number of aromatic nitrogens is 4. The number of rotatable bonds is 21. The van der Waals surface area contributed by atoms with Crippen LogP contribution in [0.4, 0.5) is 11.6 Å². The Bertz CT molecular complexity index is 2910. The van der Waals surface area contributed by atoms with Crippen molar-refractivity contribution >= 4 is 46.5 Å². The SMILES string of the molecule is C/C(=C\c1ccccc1)CN1CCC(Nc2nccn(Cc3ccc(CN)cc3)c2=O)CC1.CCCC(=O)Cl.CCCC(=O)NCc1ccc(Cn2ccnc(NC3CCN(C/C(C)=C/c4ccccc4)CC3)c2=O)cc1. The van der Waals surface area contributed by atoms with Crippen LogP contribution in [-0.2, 0) is 35.8 Å². The third kappa shape index (κ3) is 20.8. The van der Waals surface area contributed by atoms with E-state index in [9.17, 15) is 19.2 Å². The molecule has 0 saturated carbocycles. The quantitative estimate of drug-likeness (QED) is 0.0506. The number of hydrogen-bond acceptors (Lipinski definition) is 11. The second-order valence-electron chi connectivity index (χ2n) is 20.1. The first-order valence-electron chi connectivity index (χ1n) is 27.2. The molecule has 1 amide bonds. The summed E-state index contributed by atoms with van der Waals surface area (Å²) < 4.78 is 3.40. The zero-order valence-electron chi connectivity index (χ0n) is 45.5. The summed E-state index contributed by atoms with van der Waals surface area (Å²) in [7, 11) is 0. The molecule has 2 aliphatic heterocycles. The van der Waals surface area contributed by atoms with E-state index in [-0.39, 0.29) is 34.4 Å². The van der Waals surface area contributed by atoms with Gasteiger partial charge in [-0.3, -0.25) is 29.0 Å². The fourth-order valence-corrected chi connectivity index (χ4v) is 9.50. The van der Waals surface area contributed by atoms with Gasteiger partial charge >= 0.3 is 0 Å². The molecule has 2 saturated heterocycles. The highest BCUT2D eigenvalue weighted by Crippen LogP contribution is 2.19. The van der Waals surface area contributed by atoms with E-state index in [0.717, 1.165) is 100 Å². The molecule has 2 aliphatic rings. The van der Waals surface area contributed by atoms with Crippen molar-refractivity contribution in [3.05, 3.63) is 199 Å². The first-order valence-corrected chi connectivity index (χ1v) is 27.6. The molecule has 0 spiro atoms. The smallest absolute Gasteiger partial charge is 0.293 e. The second kappa shape index (κ2) is 31.9. The minimum atomic E-state index is -0.238. The van der Waals surface area contributed by atoms with Crippen molar-refractivity contribution < 1.29 is 9.59 Å². The van der Waals surface area contributed by atoms with Crippen molar-refractivity contribution in [3.8, 4) is 0 Å². The molecule has 5 N–H and O–H groups in total. The van der Waals surface area contributed by atoms with Crippen LogP contribution in [0, 0.1) is 0 Å². The molecule has 0 atom stereocenters. The first-order chi connectivity index (χ1) is 37.4. The maximum absolute atomic E-state index is 13.1. The van der Waals surface area contributed by atoms with Gasteiger partial charge in [-0.25, -0.2) is 9.97 Å². The number of nitrogens with one attached hydrogen (secondary N) is 3. The number of benzene rings is 4. The average Bonchev–Trinajstić information content (AvgIpc) is 3.43. The minimum absolute atomic E-state index is 0.0700. The van der Waals surface area contributed by atoms with Crippen LogP contribution in [0.1, 0.15) is 112 Å². The predicted octanol–water partition coefficient (Wildman–Crippen LogP) is 9.97. The number of carbonyl (C=O) groups is 2. The number of nitrogens with two attached hydrogens (primary N) is 1. The van der Waals surface area contributed by atoms with Gasteiger partial charge in [-0.2, -0.15) is 0 Å². The van der Waals surface area contributed by atoms with Gasteiger partial charge in [0.05, 0.1) is 13.1 Å². The van der Waals surface area contributed by atoms with Crippen molar-refractivity contribution in [3.63, 3.8) is 0 Å². The zero-order chi connectivity index (χ0) is 54.8. The molecule has 77 heavy (non-hydrogen) atoms. The third-order valence-electron chi connectivity index (χ3n) is 13.5. The average molecular weight is 1060 g/mol. The Hall–Kier alpha value is -6.97. The van der Waals surface area contributed by atoms with E-state index in [1.807, 2.05) is 74.5 Å². The standard InChI is InChI=1S/C31H39N5O2.C27H33N5O.C4H7ClO/c1-3-7-29(37)33-21-26-10-12-27(13-11-26)23-36-19-16-32-30(31(36)38)34-28-14-17-35(18-15-28)22-24(2)20-25-8-5-4-6-9-25;1-21(17-22-5-3-2-4-6-22)19-31-14-11-25(12-15-31)30-26-27(33)32(16-13-29-26)20-24-9-7-23(18-28)8-10-24;1-2-3-4(5)6/h4-6,8-13,16,19-20,28H,3,7,14-15,17-18,21-23H2,1-2H3,(H,32,34)(H,33,37);2-10,13,16-17,25H,11-12,14-15,18-20,28H2,1H3,(H,29,30);2-3H2,1H3/b24-20+;21-17+;. The highest BCUT2D eigenvalue weighted by atomic mass is 35.5. The summed E-state index contributed by atoms with van der Waals surface area (Å²) in [5.74, 6) is 0.927. The fourth-order valence-electron chi connectivity index (χ4n) is 9.31. The molecule has 2 aromatic heterocycles. The fraction of sp³-hybridized carbons (Fsp3) is 0.387. The monoisotopic (exact) mass is 1060 g/mol. The number of amides is 1. The Morgan fingerprint density at radius 1 is 0.597 bits per heavy atom. The highest BCUT2D eigenvalue weighted by molar-refractivity contribution is 6.63. The molecule has 6 aromatic rings. The summed E-state index contributed by atoms with van der Waals surface area (Å²) >= 11 is 4.94. The summed E-state index contributed by atoms with van der Waals surface area (Å²) in [6.07, 6.45) is 18.1. The molecule has 0 radical (unpaired) electrons. The lowest BCUT2D eigenvalue weighted by molar-refractivity contribution is -0.121. The van der Waals surface area contributed by atoms with Crippen molar-refractivity contribution in [2.75, 3.05) is 49.9 Å². The highest BCUT2D eigenvalue weighted by Gasteiger charge is 2.22. The Labute approximate surface area is 460 Å². The van der Waals surface area contributed by atoms with Crippen LogP contribution in [0.5, 0.6) is 0 Å². The lowest BCUT2D eigenvalue weighted by atomic mass is 10.0. The van der Waals surface area contributed by atoms with Crippen LogP contribution in [0.25, 0.3) is 12.2 Å². The minimum Gasteiger partial charge on any atom is -0.363 e. The van der Waals surface area contributed by atoms with E-state index in [4.69, 9.17) is 17.3 Å². The van der Waals surface area contributed by atoms with Crippen LogP contribution in [0.15, 0.2) is 155 Å². The summed E-state index contributed by atoms with van der Waals surface area (Å²) in [5, 5.41) is 9.51. The molecular weight excluding hydrogens is 984 g/mol. The normalized spacial score (nSPS) is 14.6. The van der Waals surface area contributed by atoms with Crippen LogP contribution in [0.2, 0.25) is 0 Å². The Balaban J connectivity index is 0.000000227. The maximum atomic E-state index is 13.1. The van der Waals surface area contributed by atoms with Crippen LogP contribution in [-0.4, -0.2) is 91.4 Å². The second-order valence-corrected chi connectivity index (χ2v) is 20.5. The van der Waals surface area contributed by atoms with Crippen LogP contribution in [0.3, 0.4) is 0 Å². The van der Waals surface area contributed by atoms with Gasteiger partial charge in [0, 0.05) is 102 Å². The molecule has 2 fully saturated rings. The Kier molecular flexibility index (Phi) is 24.6. The number of piperidine rings is 2. The molecule has 0 unspecified atom stereocenters. The van der Waals surface area contributed by atoms with Crippen molar-refractivity contribution in [2.24, 2.45) is 5.73 Å². The number of halogens is 1. The van der Waals surface area contributed by atoms with Gasteiger partial charge in [-0.15, -0.1) is 0 Å². The van der Waals surface area contributed by atoms with Gasteiger partial charge < -0.3 is 30.8 Å². The van der Waals surface area contributed by atoms with Gasteiger partial charge in [0.1, 0.15) is 0 Å². The van der Waals surface area contributed by atoms with E-state index in [1.165, 1.54) is 22.3 Å². The number of hydrogen-bond donors (Lipinski definition) is 4. The van der Waals surface area contributed by atoms with Gasteiger partial charge in [-0.05, 0) is 97.4 Å². The molecule has 14 nitrogen and oxygen atoms in total. The van der Waals surface area contributed by atoms with E-state index in [0.29, 0.717) is 50.7 Å². The van der Waals surface area contributed by atoms with Gasteiger partial charge in [0.25, 0.3) is 11.1 Å². The maximum Gasteiger partial charge on any atom is 0.293 e. The summed E-state index contributed by atoms with van der Waals surface area (Å²) in [4.78, 5) is 61.2. The molecule has 0 bridgehead atoms. The first kappa shape index (κ1) is 59.3. The van der Waals surface area contributed by atoms with Crippen molar-refractivity contribution in [1.29, 1.82) is 0 Å². The largest absolute Gasteiger partial charge is 0.363 e. The van der Waals surface area contributed by atoms with Crippen LogP contribution >= 0.6 is 11.6 Å². The molecule has 408 valence electrons. The molecular formula is C62H79ClN10O4. The zero-order valence-corrected chi connectivity index (χ0v) is 46.3.